The number of carbonyl (C=O) groups is 2. The standard InChI is InChI=1S/C23H20FN3O4/c1-31-23(30)14-3-2-8-26(12-14)11-13-4-6-18-16(9-13)22(29)27-19-7-5-15(24)10-17(19)20(28)21(27)25-18/h4-7,9-10,14H,2-3,8,11-12H2,1H3. The van der Waals surface area contributed by atoms with Crippen molar-refractivity contribution in [3.63, 3.8) is 0 Å². The summed E-state index contributed by atoms with van der Waals surface area (Å²) >= 11 is 0. The fourth-order valence-electron chi connectivity index (χ4n) is 4.53. The first-order valence-corrected chi connectivity index (χ1v) is 10.2. The Bertz CT molecular complexity index is 1300. The molecule has 3 aromatic rings. The third kappa shape index (κ3) is 3.23. The van der Waals surface area contributed by atoms with Crippen LogP contribution in [0.4, 0.5) is 4.39 Å². The quantitative estimate of drug-likeness (QED) is 0.473. The Kier molecular flexibility index (Phi) is 4.66. The van der Waals surface area contributed by atoms with Crippen LogP contribution in [0.5, 0.6) is 0 Å². The van der Waals surface area contributed by atoms with Gasteiger partial charge < -0.3 is 4.74 Å². The van der Waals surface area contributed by atoms with Crippen molar-refractivity contribution in [1.29, 1.82) is 0 Å². The maximum atomic E-state index is 13.6. The molecule has 0 spiro atoms. The molecular weight excluding hydrogens is 401 g/mol. The number of methoxy groups -OCH3 is 1. The molecule has 158 valence electrons. The summed E-state index contributed by atoms with van der Waals surface area (Å²) in [4.78, 5) is 44.3. The molecule has 0 bridgehead atoms. The molecule has 0 aliphatic carbocycles. The zero-order valence-electron chi connectivity index (χ0n) is 16.9. The van der Waals surface area contributed by atoms with Crippen molar-refractivity contribution < 1.29 is 18.7 Å². The van der Waals surface area contributed by atoms with E-state index in [1.165, 1.54) is 23.8 Å². The molecule has 2 aliphatic heterocycles. The van der Waals surface area contributed by atoms with E-state index in [2.05, 4.69) is 9.88 Å². The van der Waals surface area contributed by atoms with E-state index in [1.54, 1.807) is 12.1 Å². The Morgan fingerprint density at radius 1 is 1.23 bits per heavy atom. The summed E-state index contributed by atoms with van der Waals surface area (Å²) < 4.78 is 19.8. The number of fused-ring (bicyclic) bond motifs is 4. The fourth-order valence-corrected chi connectivity index (χ4v) is 4.53. The van der Waals surface area contributed by atoms with Gasteiger partial charge in [0, 0.05) is 13.1 Å². The second-order valence-corrected chi connectivity index (χ2v) is 8.02. The lowest BCUT2D eigenvalue weighted by atomic mass is 9.97. The van der Waals surface area contributed by atoms with Crippen LogP contribution in [0.3, 0.4) is 0 Å². The van der Waals surface area contributed by atoms with Crippen LogP contribution in [0.25, 0.3) is 16.6 Å². The van der Waals surface area contributed by atoms with Crippen molar-refractivity contribution in [1.82, 2.24) is 14.5 Å². The number of hydrogen-bond acceptors (Lipinski definition) is 6. The first-order chi connectivity index (χ1) is 15.0. The van der Waals surface area contributed by atoms with Gasteiger partial charge in [-0.1, -0.05) is 6.07 Å². The summed E-state index contributed by atoms with van der Waals surface area (Å²) in [7, 11) is 1.40. The molecule has 0 N–H and O–H groups in total. The van der Waals surface area contributed by atoms with Gasteiger partial charge in [-0.2, -0.15) is 0 Å². The van der Waals surface area contributed by atoms with Crippen LogP contribution in [-0.4, -0.2) is 46.4 Å². The number of ether oxygens (including phenoxy) is 1. The number of ketones is 1. The van der Waals surface area contributed by atoms with Gasteiger partial charge in [-0.15, -0.1) is 0 Å². The Morgan fingerprint density at radius 3 is 2.87 bits per heavy atom. The van der Waals surface area contributed by atoms with Gasteiger partial charge in [0.2, 0.25) is 5.78 Å². The maximum absolute atomic E-state index is 13.6. The molecule has 0 saturated carbocycles. The molecule has 1 unspecified atom stereocenters. The Hall–Kier alpha value is -3.39. The minimum atomic E-state index is -0.536. The van der Waals surface area contributed by atoms with Crippen LogP contribution in [0.2, 0.25) is 0 Å². The average molecular weight is 421 g/mol. The van der Waals surface area contributed by atoms with Gasteiger partial charge in [0.15, 0.2) is 5.82 Å². The van der Waals surface area contributed by atoms with Gasteiger partial charge in [-0.25, -0.2) is 9.37 Å². The Morgan fingerprint density at radius 2 is 2.06 bits per heavy atom. The molecule has 1 atom stereocenters. The monoisotopic (exact) mass is 421 g/mol. The van der Waals surface area contributed by atoms with E-state index in [9.17, 15) is 18.8 Å². The zero-order chi connectivity index (χ0) is 21.7. The van der Waals surface area contributed by atoms with Gasteiger partial charge >= 0.3 is 5.97 Å². The van der Waals surface area contributed by atoms with E-state index < -0.39 is 11.6 Å². The molecule has 1 aromatic heterocycles. The minimum absolute atomic E-state index is 0.00259. The molecule has 5 rings (SSSR count). The molecular formula is C23H20FN3O4. The highest BCUT2D eigenvalue weighted by Crippen LogP contribution is 2.27. The first-order valence-electron chi connectivity index (χ1n) is 10.2. The summed E-state index contributed by atoms with van der Waals surface area (Å²) in [5, 5.41) is 0.396. The molecule has 7 nitrogen and oxygen atoms in total. The molecule has 1 fully saturated rings. The van der Waals surface area contributed by atoms with Crippen molar-refractivity contribution in [2.45, 2.75) is 19.4 Å². The predicted octanol–water partition coefficient (Wildman–Crippen LogP) is 2.45. The zero-order valence-corrected chi connectivity index (χ0v) is 16.9. The SMILES string of the molecule is COC(=O)C1CCCN(Cc2ccc3nc4n(c(=O)c3c2)-c2ccc(F)cc2C4=O)C1. The van der Waals surface area contributed by atoms with Crippen LogP contribution in [0, 0.1) is 11.7 Å². The van der Waals surface area contributed by atoms with Crippen LogP contribution in [0.1, 0.15) is 34.6 Å². The van der Waals surface area contributed by atoms with Gasteiger partial charge in [0.25, 0.3) is 5.56 Å². The van der Waals surface area contributed by atoms with Gasteiger partial charge in [0.1, 0.15) is 5.82 Å². The van der Waals surface area contributed by atoms with Crippen LogP contribution < -0.4 is 5.56 Å². The van der Waals surface area contributed by atoms with E-state index >= 15 is 0 Å². The summed E-state index contributed by atoms with van der Waals surface area (Å²) in [5.41, 5.74) is 1.48. The molecule has 31 heavy (non-hydrogen) atoms. The predicted molar refractivity (Wildman–Crippen MR) is 111 cm³/mol. The number of carbonyl (C=O) groups excluding carboxylic acids is 2. The van der Waals surface area contributed by atoms with Crippen LogP contribution >= 0.6 is 0 Å². The second kappa shape index (κ2) is 7.39. The van der Waals surface area contributed by atoms with Crippen LogP contribution in [0.15, 0.2) is 41.2 Å². The molecule has 1 saturated heterocycles. The van der Waals surface area contributed by atoms with Crippen molar-refractivity contribution >= 4 is 22.7 Å². The van der Waals surface area contributed by atoms with Crippen molar-refractivity contribution in [3.8, 4) is 5.69 Å². The van der Waals surface area contributed by atoms with E-state index in [-0.39, 0.29) is 28.8 Å². The van der Waals surface area contributed by atoms with E-state index in [0.29, 0.717) is 29.7 Å². The normalized spacial score (nSPS) is 18.1. The number of rotatable bonds is 3. The van der Waals surface area contributed by atoms with Gasteiger partial charge in [-0.05, 0) is 55.3 Å². The van der Waals surface area contributed by atoms with Crippen molar-refractivity contribution in [3.05, 3.63) is 69.5 Å². The number of hydrogen-bond donors (Lipinski definition) is 0. The van der Waals surface area contributed by atoms with Crippen LogP contribution in [-0.2, 0) is 16.1 Å². The number of aromatic nitrogens is 2. The van der Waals surface area contributed by atoms with Gasteiger partial charge in [-0.3, -0.25) is 23.9 Å². The average Bonchev–Trinajstić information content (AvgIpc) is 3.05. The van der Waals surface area contributed by atoms with Gasteiger partial charge in [0.05, 0.1) is 35.2 Å². The summed E-state index contributed by atoms with van der Waals surface area (Å²) in [6.07, 6.45) is 1.72. The third-order valence-corrected chi connectivity index (χ3v) is 6.03. The smallest absolute Gasteiger partial charge is 0.309 e. The number of piperidine rings is 1. The highest BCUT2D eigenvalue weighted by molar-refractivity contribution is 6.13. The van der Waals surface area contributed by atoms with E-state index in [4.69, 9.17) is 4.74 Å². The van der Waals surface area contributed by atoms with E-state index in [0.717, 1.165) is 31.0 Å². The molecule has 0 radical (unpaired) electrons. The lowest BCUT2D eigenvalue weighted by Crippen LogP contribution is -2.38. The van der Waals surface area contributed by atoms with E-state index in [1.807, 2.05) is 6.07 Å². The molecule has 0 amide bonds. The van der Waals surface area contributed by atoms with Crippen molar-refractivity contribution in [2.75, 3.05) is 20.2 Å². The first kappa shape index (κ1) is 19.6. The topological polar surface area (TPSA) is 81.5 Å². The molecule has 2 aliphatic rings. The molecule has 2 aromatic carbocycles. The van der Waals surface area contributed by atoms with Crippen molar-refractivity contribution in [2.24, 2.45) is 5.92 Å². The number of esters is 1. The number of nitrogens with zero attached hydrogens (tertiary/aromatic N) is 3. The highest BCUT2D eigenvalue weighted by atomic mass is 19.1. The summed E-state index contributed by atoms with van der Waals surface area (Å²) in [6.45, 7) is 2.06. The maximum Gasteiger partial charge on any atom is 0.309 e. The highest BCUT2D eigenvalue weighted by Gasteiger charge is 2.31. The number of likely N-dealkylation sites (tertiary alicyclic amines) is 1. The second-order valence-electron chi connectivity index (χ2n) is 8.02. The third-order valence-electron chi connectivity index (χ3n) is 6.03. The summed E-state index contributed by atoms with van der Waals surface area (Å²) in [5.74, 6) is -1.33. The largest absolute Gasteiger partial charge is 0.469 e. The summed E-state index contributed by atoms with van der Waals surface area (Å²) in [6, 6.07) is 9.17. The molecule has 8 heteroatoms. The number of halogens is 1. The fraction of sp³-hybridized carbons (Fsp3) is 0.304. The minimum Gasteiger partial charge on any atom is -0.469 e. The Labute approximate surface area is 177 Å². The Balaban J connectivity index is 1.51. The lowest BCUT2D eigenvalue weighted by Gasteiger charge is -2.31. The lowest BCUT2D eigenvalue weighted by molar-refractivity contribution is -0.147. The number of benzene rings is 2. The molecule has 3 heterocycles.